The van der Waals surface area contributed by atoms with Crippen molar-refractivity contribution in [3.05, 3.63) is 78.3 Å². The Bertz CT molecular complexity index is 1170. The van der Waals surface area contributed by atoms with Crippen LogP contribution in [-0.4, -0.2) is 20.5 Å². The number of hydrogen-bond acceptors (Lipinski definition) is 5. The van der Waals surface area contributed by atoms with Crippen molar-refractivity contribution >= 4 is 22.9 Å². The van der Waals surface area contributed by atoms with Crippen molar-refractivity contribution in [3.63, 3.8) is 0 Å². The Hall–Kier alpha value is -4.01. The van der Waals surface area contributed by atoms with Crippen LogP contribution in [0.4, 0.5) is 20.3 Å². The molecular formula is C19H13F2N5O2. The maximum Gasteiger partial charge on any atom is 0.248 e. The molecule has 0 saturated heterocycles. The smallest absolute Gasteiger partial charge is 0.248 e. The molecule has 0 spiro atoms. The summed E-state index contributed by atoms with van der Waals surface area (Å²) in [5, 5.41) is 7.16. The number of hydrogen-bond donors (Lipinski definition) is 2. The predicted octanol–water partition coefficient (Wildman–Crippen LogP) is 3.64. The summed E-state index contributed by atoms with van der Waals surface area (Å²) in [6, 6.07) is 9.78. The van der Waals surface area contributed by atoms with E-state index in [0.29, 0.717) is 22.8 Å². The van der Waals surface area contributed by atoms with E-state index >= 15 is 0 Å². The van der Waals surface area contributed by atoms with Gasteiger partial charge in [0.05, 0.1) is 24.3 Å². The lowest BCUT2D eigenvalue weighted by molar-refractivity contribution is 0.1000. The van der Waals surface area contributed by atoms with Crippen LogP contribution in [-0.2, 0) is 0 Å². The first-order valence-corrected chi connectivity index (χ1v) is 8.13. The molecular weight excluding hydrogens is 368 g/mol. The monoisotopic (exact) mass is 381 g/mol. The summed E-state index contributed by atoms with van der Waals surface area (Å²) in [6.07, 6.45) is 4.33. The zero-order chi connectivity index (χ0) is 19.7. The predicted molar refractivity (Wildman–Crippen MR) is 97.7 cm³/mol. The second-order valence-electron chi connectivity index (χ2n) is 5.85. The number of rotatable bonds is 5. The minimum absolute atomic E-state index is 0.0390. The van der Waals surface area contributed by atoms with Crippen LogP contribution < -0.4 is 15.8 Å². The van der Waals surface area contributed by atoms with Crippen LogP contribution in [0.25, 0.3) is 5.52 Å². The van der Waals surface area contributed by atoms with E-state index in [2.05, 4.69) is 15.4 Å². The molecule has 1 amide bonds. The molecule has 3 aromatic heterocycles. The van der Waals surface area contributed by atoms with Gasteiger partial charge in [0.15, 0.2) is 17.3 Å². The lowest BCUT2D eigenvalue weighted by Gasteiger charge is -2.12. The van der Waals surface area contributed by atoms with Gasteiger partial charge < -0.3 is 15.8 Å². The van der Waals surface area contributed by atoms with Gasteiger partial charge in [0.25, 0.3) is 0 Å². The zero-order valence-electron chi connectivity index (χ0n) is 14.3. The lowest BCUT2D eigenvalue weighted by atomic mass is 10.2. The fourth-order valence-electron chi connectivity index (χ4n) is 2.60. The quantitative estimate of drug-likeness (QED) is 0.550. The lowest BCUT2D eigenvalue weighted by Crippen LogP contribution is -2.11. The summed E-state index contributed by atoms with van der Waals surface area (Å²) in [5.41, 5.74) is 6.33. The van der Waals surface area contributed by atoms with Crippen LogP contribution in [0.15, 0.2) is 61.1 Å². The van der Waals surface area contributed by atoms with Gasteiger partial charge in [0, 0.05) is 11.6 Å². The number of nitrogens with zero attached hydrogens (tertiary/aromatic N) is 3. The van der Waals surface area contributed by atoms with Crippen LogP contribution in [0, 0.1) is 11.6 Å². The number of pyridine rings is 2. The summed E-state index contributed by atoms with van der Waals surface area (Å²) < 4.78 is 34.6. The molecule has 0 radical (unpaired) electrons. The van der Waals surface area contributed by atoms with Crippen LogP contribution in [0.1, 0.15) is 10.4 Å². The van der Waals surface area contributed by atoms with E-state index in [4.69, 9.17) is 10.5 Å². The minimum Gasteiger partial charge on any atom is -0.452 e. The van der Waals surface area contributed by atoms with Crippen molar-refractivity contribution in [3.8, 4) is 11.5 Å². The van der Waals surface area contributed by atoms with Crippen molar-refractivity contribution in [2.75, 3.05) is 5.32 Å². The Morgan fingerprint density at radius 2 is 1.96 bits per heavy atom. The van der Waals surface area contributed by atoms with Crippen molar-refractivity contribution < 1.29 is 18.3 Å². The van der Waals surface area contributed by atoms with Gasteiger partial charge in [-0.15, -0.1) is 0 Å². The van der Waals surface area contributed by atoms with Crippen LogP contribution in [0.2, 0.25) is 0 Å². The Morgan fingerprint density at radius 1 is 1.11 bits per heavy atom. The standard InChI is InChI=1S/C19H13F2N5O2/c20-12-2-4-18(23-9-12)25-13-8-17(15-5-6-24-26(15)10-13)28-16-3-1-11(19(22)27)7-14(16)21/h1-10H,(H2,22,27)(H,23,25). The zero-order valence-corrected chi connectivity index (χ0v) is 14.3. The van der Waals surface area contributed by atoms with Crippen molar-refractivity contribution in [1.82, 2.24) is 14.6 Å². The summed E-state index contributed by atoms with van der Waals surface area (Å²) in [5.74, 6) is -1.27. The van der Waals surface area contributed by atoms with Gasteiger partial charge in [-0.2, -0.15) is 5.10 Å². The van der Waals surface area contributed by atoms with E-state index in [-0.39, 0.29) is 11.3 Å². The molecule has 4 aromatic rings. The highest BCUT2D eigenvalue weighted by molar-refractivity contribution is 5.92. The molecule has 0 unspecified atom stereocenters. The molecule has 0 aliphatic carbocycles. The Balaban J connectivity index is 1.69. The van der Waals surface area contributed by atoms with E-state index in [1.54, 1.807) is 24.5 Å². The summed E-state index contributed by atoms with van der Waals surface area (Å²) >= 11 is 0. The molecule has 7 nitrogen and oxygen atoms in total. The third-order valence-corrected chi connectivity index (χ3v) is 3.91. The van der Waals surface area contributed by atoms with Crippen molar-refractivity contribution in [2.24, 2.45) is 5.73 Å². The molecule has 0 saturated carbocycles. The molecule has 1 aromatic carbocycles. The van der Waals surface area contributed by atoms with Gasteiger partial charge in [0.1, 0.15) is 17.2 Å². The average Bonchev–Trinajstić information content (AvgIpc) is 3.14. The number of amides is 1. The summed E-state index contributed by atoms with van der Waals surface area (Å²) in [4.78, 5) is 15.1. The minimum atomic E-state index is -0.735. The number of aromatic nitrogens is 3. The summed E-state index contributed by atoms with van der Waals surface area (Å²) in [6.45, 7) is 0. The number of fused-ring (bicyclic) bond motifs is 1. The Kier molecular flexibility index (Phi) is 4.32. The molecule has 3 N–H and O–H groups in total. The Labute approximate surface area is 157 Å². The van der Waals surface area contributed by atoms with Crippen LogP contribution in [0.5, 0.6) is 11.5 Å². The maximum absolute atomic E-state index is 14.3. The van der Waals surface area contributed by atoms with Crippen molar-refractivity contribution in [2.45, 2.75) is 0 Å². The molecule has 3 heterocycles. The van der Waals surface area contributed by atoms with Gasteiger partial charge in [-0.1, -0.05) is 0 Å². The third kappa shape index (κ3) is 3.45. The molecule has 0 aliphatic heterocycles. The molecule has 0 aliphatic rings. The van der Waals surface area contributed by atoms with E-state index in [9.17, 15) is 13.6 Å². The second kappa shape index (κ2) is 6.95. The number of carbonyl (C=O) groups excluding carboxylic acids is 1. The fraction of sp³-hybridized carbons (Fsp3) is 0. The number of nitrogens with one attached hydrogen (secondary N) is 1. The number of carbonyl (C=O) groups is 1. The highest BCUT2D eigenvalue weighted by atomic mass is 19.1. The van der Waals surface area contributed by atoms with Gasteiger partial charge in [0.2, 0.25) is 5.91 Å². The molecule has 4 rings (SSSR count). The molecule has 9 heteroatoms. The number of primary amides is 1. The Morgan fingerprint density at radius 3 is 2.68 bits per heavy atom. The molecule has 0 fully saturated rings. The SMILES string of the molecule is NC(=O)c1ccc(Oc2cc(Nc3ccc(F)cn3)cn3nccc23)c(F)c1. The first-order chi connectivity index (χ1) is 13.5. The molecule has 28 heavy (non-hydrogen) atoms. The molecule has 140 valence electrons. The fourth-order valence-corrected chi connectivity index (χ4v) is 2.60. The van der Waals surface area contributed by atoms with Gasteiger partial charge >= 0.3 is 0 Å². The highest BCUT2D eigenvalue weighted by Crippen LogP contribution is 2.31. The van der Waals surface area contributed by atoms with Crippen LogP contribution in [0.3, 0.4) is 0 Å². The topological polar surface area (TPSA) is 94.5 Å². The average molecular weight is 381 g/mol. The molecule has 0 atom stereocenters. The first kappa shape index (κ1) is 17.4. The van der Waals surface area contributed by atoms with E-state index in [0.717, 1.165) is 12.3 Å². The van der Waals surface area contributed by atoms with E-state index < -0.39 is 17.5 Å². The normalized spacial score (nSPS) is 10.8. The van der Waals surface area contributed by atoms with Crippen LogP contribution >= 0.6 is 0 Å². The molecule has 0 bridgehead atoms. The number of nitrogens with two attached hydrogens (primary N) is 1. The number of anilines is 2. The number of halogens is 2. The van der Waals surface area contributed by atoms with Gasteiger partial charge in [-0.25, -0.2) is 18.3 Å². The summed E-state index contributed by atoms with van der Waals surface area (Å²) in [7, 11) is 0. The maximum atomic E-state index is 14.3. The van der Waals surface area contributed by atoms with E-state index in [1.807, 2.05) is 0 Å². The largest absolute Gasteiger partial charge is 0.452 e. The van der Waals surface area contributed by atoms with E-state index in [1.165, 1.54) is 28.8 Å². The van der Waals surface area contributed by atoms with Gasteiger partial charge in [-0.05, 0) is 36.4 Å². The number of ether oxygens (including phenoxy) is 1. The first-order valence-electron chi connectivity index (χ1n) is 8.13. The van der Waals surface area contributed by atoms with Crippen molar-refractivity contribution in [1.29, 1.82) is 0 Å². The van der Waals surface area contributed by atoms with Gasteiger partial charge in [-0.3, -0.25) is 4.79 Å². The number of benzene rings is 1. The second-order valence-corrected chi connectivity index (χ2v) is 5.85. The highest BCUT2D eigenvalue weighted by Gasteiger charge is 2.13. The third-order valence-electron chi connectivity index (χ3n) is 3.91.